The molecule has 32 heavy (non-hydrogen) atoms. The molecule has 0 saturated carbocycles. The lowest BCUT2D eigenvalue weighted by molar-refractivity contribution is 0.0690. The fourth-order valence-electron chi connectivity index (χ4n) is 3.05. The van der Waals surface area contributed by atoms with Gasteiger partial charge in [0, 0.05) is 17.0 Å². The molecule has 0 aliphatic carbocycles. The predicted octanol–water partition coefficient (Wildman–Crippen LogP) is 5.18. The molecule has 0 fully saturated rings. The Morgan fingerprint density at radius 1 is 1.09 bits per heavy atom. The van der Waals surface area contributed by atoms with E-state index in [0.29, 0.717) is 29.0 Å². The van der Waals surface area contributed by atoms with E-state index < -0.39 is 11.9 Å². The second-order valence-corrected chi connectivity index (χ2v) is 7.01. The molecule has 1 heterocycles. The molecule has 0 spiro atoms. The summed E-state index contributed by atoms with van der Waals surface area (Å²) in [6.07, 6.45) is 8.95. The first-order chi connectivity index (χ1) is 15.5. The van der Waals surface area contributed by atoms with Crippen molar-refractivity contribution in [1.29, 1.82) is 0 Å². The molecule has 3 aromatic rings. The van der Waals surface area contributed by atoms with Crippen LogP contribution in [0.15, 0.2) is 73.3 Å². The van der Waals surface area contributed by atoms with Crippen molar-refractivity contribution in [3.8, 4) is 11.5 Å². The van der Waals surface area contributed by atoms with Gasteiger partial charge in [-0.05, 0) is 55.7 Å². The van der Waals surface area contributed by atoms with Crippen molar-refractivity contribution in [2.24, 2.45) is 0 Å². The van der Waals surface area contributed by atoms with Crippen LogP contribution in [0.5, 0.6) is 11.5 Å². The lowest BCUT2D eigenvalue weighted by atomic mass is 10.1. The zero-order valence-corrected chi connectivity index (χ0v) is 17.5. The number of amides is 1. The Bertz CT molecular complexity index is 1150. The number of carbonyl (C=O) groups excluding carboxylic acids is 1. The van der Waals surface area contributed by atoms with E-state index in [-0.39, 0.29) is 17.0 Å². The fraction of sp³-hybridized carbons (Fsp3) is 0.160. The number of ether oxygens (including phenoxy) is 1. The second-order valence-electron chi connectivity index (χ2n) is 7.01. The summed E-state index contributed by atoms with van der Waals surface area (Å²) in [6, 6.07) is 12.6. The van der Waals surface area contributed by atoms with Crippen molar-refractivity contribution in [3.05, 3.63) is 84.6 Å². The lowest BCUT2D eigenvalue weighted by Gasteiger charge is -2.10. The number of rotatable bonds is 10. The molecule has 1 amide bonds. The first kappa shape index (κ1) is 22.6. The SMILES string of the molecule is C=CCCC/C=C/COc1ccc(C(=O)Nc2cccc3c(O)cc(C(=O)O)nc23)cc1. The van der Waals surface area contributed by atoms with Gasteiger partial charge in [0.05, 0.1) is 11.2 Å². The number of aromatic nitrogens is 1. The van der Waals surface area contributed by atoms with Gasteiger partial charge in [0.15, 0.2) is 5.69 Å². The van der Waals surface area contributed by atoms with E-state index in [9.17, 15) is 19.8 Å². The fourth-order valence-corrected chi connectivity index (χ4v) is 3.05. The van der Waals surface area contributed by atoms with Gasteiger partial charge in [0.25, 0.3) is 5.91 Å². The molecular formula is C25H24N2O5. The molecule has 0 unspecified atom stereocenters. The van der Waals surface area contributed by atoms with E-state index in [2.05, 4.69) is 23.0 Å². The maximum atomic E-state index is 12.7. The number of carbonyl (C=O) groups is 2. The van der Waals surface area contributed by atoms with Gasteiger partial charge in [-0.1, -0.05) is 24.3 Å². The highest BCUT2D eigenvalue weighted by Gasteiger charge is 2.15. The second kappa shape index (κ2) is 10.8. The number of unbranched alkanes of at least 4 members (excludes halogenated alkanes) is 2. The minimum absolute atomic E-state index is 0.193. The maximum absolute atomic E-state index is 12.7. The summed E-state index contributed by atoms with van der Waals surface area (Å²) in [7, 11) is 0. The molecule has 0 radical (unpaired) electrons. The summed E-state index contributed by atoms with van der Waals surface area (Å²) >= 11 is 0. The van der Waals surface area contributed by atoms with Crippen LogP contribution < -0.4 is 10.1 Å². The number of aromatic hydroxyl groups is 1. The quantitative estimate of drug-likeness (QED) is 0.301. The Hall–Kier alpha value is -4.13. The number of hydrogen-bond donors (Lipinski definition) is 3. The Balaban J connectivity index is 1.67. The summed E-state index contributed by atoms with van der Waals surface area (Å²) in [5.41, 5.74) is 0.576. The Morgan fingerprint density at radius 3 is 2.59 bits per heavy atom. The number of hydrogen-bond acceptors (Lipinski definition) is 5. The first-order valence-corrected chi connectivity index (χ1v) is 10.2. The molecule has 0 aliphatic rings. The molecule has 0 saturated heterocycles. The number of para-hydroxylation sites is 1. The molecule has 7 nitrogen and oxygen atoms in total. The van der Waals surface area contributed by atoms with Crippen molar-refractivity contribution in [1.82, 2.24) is 4.98 Å². The van der Waals surface area contributed by atoms with Crippen LogP contribution in [0.25, 0.3) is 10.9 Å². The Kier molecular flexibility index (Phi) is 7.59. The van der Waals surface area contributed by atoms with E-state index in [1.807, 2.05) is 12.2 Å². The Morgan fingerprint density at radius 2 is 1.88 bits per heavy atom. The van der Waals surface area contributed by atoms with Crippen molar-refractivity contribution < 1.29 is 24.5 Å². The van der Waals surface area contributed by atoms with Crippen LogP contribution in [0.3, 0.4) is 0 Å². The highest BCUT2D eigenvalue weighted by atomic mass is 16.5. The molecule has 3 rings (SSSR count). The largest absolute Gasteiger partial charge is 0.507 e. The molecule has 3 N–H and O–H groups in total. The molecule has 0 aliphatic heterocycles. The summed E-state index contributed by atoms with van der Waals surface area (Å²) in [6.45, 7) is 4.13. The van der Waals surface area contributed by atoms with Gasteiger partial charge in [-0.2, -0.15) is 0 Å². The average molecular weight is 432 g/mol. The number of benzene rings is 2. The molecule has 2 aromatic carbocycles. The van der Waals surface area contributed by atoms with Crippen LogP contribution in [0.2, 0.25) is 0 Å². The minimum Gasteiger partial charge on any atom is -0.507 e. The number of pyridine rings is 1. The van der Waals surface area contributed by atoms with Crippen LogP contribution in [0.1, 0.15) is 40.1 Å². The van der Waals surface area contributed by atoms with E-state index in [1.54, 1.807) is 42.5 Å². The molecular weight excluding hydrogens is 408 g/mol. The molecule has 164 valence electrons. The smallest absolute Gasteiger partial charge is 0.354 e. The third-order valence-corrected chi connectivity index (χ3v) is 4.69. The van der Waals surface area contributed by atoms with Crippen molar-refractivity contribution in [3.63, 3.8) is 0 Å². The number of anilines is 1. The Labute approximate surface area is 185 Å². The molecule has 7 heteroatoms. The van der Waals surface area contributed by atoms with E-state index in [0.717, 1.165) is 25.3 Å². The highest BCUT2D eigenvalue weighted by molar-refractivity contribution is 6.09. The maximum Gasteiger partial charge on any atom is 0.354 e. The lowest BCUT2D eigenvalue weighted by Crippen LogP contribution is -2.13. The normalized spacial score (nSPS) is 10.9. The number of nitrogens with one attached hydrogen (secondary N) is 1. The number of allylic oxidation sites excluding steroid dienone is 2. The predicted molar refractivity (Wildman–Crippen MR) is 123 cm³/mol. The van der Waals surface area contributed by atoms with Crippen molar-refractivity contribution in [2.75, 3.05) is 11.9 Å². The summed E-state index contributed by atoms with van der Waals surface area (Å²) in [5, 5.41) is 22.4. The number of carboxylic acid groups (broad SMARTS) is 1. The van der Waals surface area contributed by atoms with Crippen molar-refractivity contribution >= 4 is 28.5 Å². The van der Waals surface area contributed by atoms with Crippen LogP contribution in [-0.2, 0) is 0 Å². The molecule has 0 atom stereocenters. The summed E-state index contributed by atoms with van der Waals surface area (Å²) in [5.74, 6) is -1.25. The average Bonchev–Trinajstić information content (AvgIpc) is 2.79. The number of carboxylic acids is 1. The van der Waals surface area contributed by atoms with Crippen LogP contribution >= 0.6 is 0 Å². The third kappa shape index (κ3) is 5.72. The van der Waals surface area contributed by atoms with Gasteiger partial charge in [0.1, 0.15) is 18.1 Å². The van der Waals surface area contributed by atoms with Crippen molar-refractivity contribution in [2.45, 2.75) is 19.3 Å². The van der Waals surface area contributed by atoms with E-state index in [1.165, 1.54) is 0 Å². The third-order valence-electron chi connectivity index (χ3n) is 4.69. The van der Waals surface area contributed by atoms with E-state index in [4.69, 9.17) is 4.74 Å². The van der Waals surface area contributed by atoms with E-state index >= 15 is 0 Å². The van der Waals surface area contributed by atoms with Crippen LogP contribution in [0, 0.1) is 0 Å². The van der Waals surface area contributed by atoms with Crippen LogP contribution in [0.4, 0.5) is 5.69 Å². The van der Waals surface area contributed by atoms with Gasteiger partial charge in [-0.25, -0.2) is 9.78 Å². The van der Waals surface area contributed by atoms with Crippen LogP contribution in [-0.4, -0.2) is 33.7 Å². The topological polar surface area (TPSA) is 109 Å². The van der Waals surface area contributed by atoms with Gasteiger partial charge >= 0.3 is 5.97 Å². The van der Waals surface area contributed by atoms with Gasteiger partial charge < -0.3 is 20.3 Å². The summed E-state index contributed by atoms with van der Waals surface area (Å²) in [4.78, 5) is 28.0. The number of fused-ring (bicyclic) bond motifs is 1. The number of aromatic carboxylic acids is 1. The van der Waals surface area contributed by atoms with Gasteiger partial charge in [0.2, 0.25) is 0 Å². The zero-order chi connectivity index (χ0) is 22.9. The minimum atomic E-state index is -1.27. The zero-order valence-electron chi connectivity index (χ0n) is 17.5. The van der Waals surface area contributed by atoms with Gasteiger partial charge in [-0.3, -0.25) is 4.79 Å². The molecule has 0 bridgehead atoms. The monoisotopic (exact) mass is 432 g/mol. The first-order valence-electron chi connectivity index (χ1n) is 10.2. The highest BCUT2D eigenvalue weighted by Crippen LogP contribution is 2.29. The standard InChI is InChI=1S/C25H24N2O5/c1-2-3-4-5-6-7-15-32-18-13-11-17(12-14-18)24(29)27-20-10-8-9-19-22(28)16-21(25(30)31)26-23(19)20/h2,6-14,16H,1,3-5,15H2,(H,26,28)(H,27,29)(H,30,31)/b7-6+. The number of nitrogens with zero attached hydrogens (tertiary/aromatic N) is 1. The molecule has 1 aromatic heterocycles. The summed E-state index contributed by atoms with van der Waals surface area (Å²) < 4.78 is 5.64. The van der Waals surface area contributed by atoms with Gasteiger partial charge in [-0.15, -0.1) is 6.58 Å².